The van der Waals surface area contributed by atoms with E-state index in [4.69, 9.17) is 32.7 Å². The maximum absolute atomic E-state index is 12.0. The van der Waals surface area contributed by atoms with Gasteiger partial charge in [-0.2, -0.15) is 0 Å². The van der Waals surface area contributed by atoms with Gasteiger partial charge in [0.25, 0.3) is 5.91 Å². The highest BCUT2D eigenvalue weighted by molar-refractivity contribution is 14.1. The van der Waals surface area contributed by atoms with Crippen LogP contribution >= 0.6 is 45.8 Å². The summed E-state index contributed by atoms with van der Waals surface area (Å²) < 4.78 is 11.4. The van der Waals surface area contributed by atoms with E-state index in [0.717, 1.165) is 0 Å². The largest absolute Gasteiger partial charge is 0.493 e. The van der Waals surface area contributed by atoms with Crippen molar-refractivity contribution in [1.82, 2.24) is 0 Å². The lowest BCUT2D eigenvalue weighted by molar-refractivity contribution is -0.118. The van der Waals surface area contributed by atoms with E-state index in [9.17, 15) is 9.59 Å². The molecule has 5 nitrogen and oxygen atoms in total. The van der Waals surface area contributed by atoms with E-state index in [1.165, 1.54) is 7.11 Å². The molecule has 8 heteroatoms. The Balaban J connectivity index is 2.06. The molecule has 24 heavy (non-hydrogen) atoms. The van der Waals surface area contributed by atoms with Crippen LogP contribution in [-0.4, -0.2) is 25.9 Å². The van der Waals surface area contributed by atoms with Crippen LogP contribution in [0.2, 0.25) is 10.0 Å². The zero-order valence-corrected chi connectivity index (χ0v) is 16.1. The molecule has 0 aliphatic carbocycles. The predicted octanol–water partition coefficient (Wildman–Crippen LogP) is 4.44. The molecule has 0 aliphatic rings. The van der Waals surface area contributed by atoms with Crippen molar-refractivity contribution < 1.29 is 19.1 Å². The molecule has 1 N–H and O–H groups in total. The number of nitrogens with one attached hydrogen (secondary N) is 1. The number of hydrogen-bond acceptors (Lipinski definition) is 4. The van der Waals surface area contributed by atoms with E-state index in [-0.39, 0.29) is 12.5 Å². The Bertz CT molecular complexity index is 783. The lowest BCUT2D eigenvalue weighted by Gasteiger charge is -2.13. The molecule has 2 rings (SSSR count). The monoisotopic (exact) mass is 479 g/mol. The Morgan fingerprint density at radius 2 is 2.00 bits per heavy atom. The van der Waals surface area contributed by atoms with Crippen molar-refractivity contribution in [2.24, 2.45) is 0 Å². The summed E-state index contributed by atoms with van der Waals surface area (Å²) in [6.45, 7) is -0.229. The zero-order valence-electron chi connectivity index (χ0n) is 12.4. The molecule has 0 radical (unpaired) electrons. The van der Waals surface area contributed by atoms with Gasteiger partial charge in [-0.25, -0.2) is 0 Å². The number of amides is 1. The third-order valence-corrected chi connectivity index (χ3v) is 4.48. The fraction of sp³-hybridized carbons (Fsp3) is 0.125. The first-order valence-corrected chi connectivity index (χ1v) is 8.48. The molecule has 0 saturated heterocycles. The van der Waals surface area contributed by atoms with Crippen LogP contribution in [0.4, 0.5) is 5.69 Å². The molecule has 0 saturated carbocycles. The number of carbonyl (C=O) groups excluding carboxylic acids is 2. The summed E-state index contributed by atoms with van der Waals surface area (Å²) in [7, 11) is 1.46. The van der Waals surface area contributed by atoms with Gasteiger partial charge in [-0.3, -0.25) is 9.59 Å². The molecular weight excluding hydrogens is 468 g/mol. The topological polar surface area (TPSA) is 64.6 Å². The number of carbonyl (C=O) groups is 2. The molecule has 1 amide bonds. The van der Waals surface area contributed by atoms with E-state index in [0.29, 0.717) is 42.7 Å². The van der Waals surface area contributed by atoms with Gasteiger partial charge in [-0.1, -0.05) is 23.2 Å². The number of aldehydes is 1. The third kappa shape index (κ3) is 4.75. The van der Waals surface area contributed by atoms with Gasteiger partial charge in [-0.15, -0.1) is 0 Å². The van der Waals surface area contributed by atoms with Crippen LogP contribution in [0.1, 0.15) is 10.4 Å². The van der Waals surface area contributed by atoms with Crippen LogP contribution in [0.25, 0.3) is 0 Å². The molecule has 0 atom stereocenters. The molecule has 0 bridgehead atoms. The standard InChI is InChI=1S/C16H12Cl2INO4/c1-23-14-5-9(7-21)4-13(19)16(14)24-8-15(22)20-10-2-3-11(17)12(18)6-10/h2-7H,8H2,1H3,(H,20,22). The number of rotatable bonds is 6. The fourth-order valence-corrected chi connectivity index (χ4v) is 2.94. The second-order valence-corrected chi connectivity index (χ2v) is 6.59. The molecule has 0 spiro atoms. The van der Waals surface area contributed by atoms with Crippen LogP contribution in [0.15, 0.2) is 30.3 Å². The Morgan fingerprint density at radius 3 is 2.62 bits per heavy atom. The number of benzene rings is 2. The first-order valence-electron chi connectivity index (χ1n) is 6.65. The summed E-state index contributed by atoms with van der Waals surface area (Å²) in [6.07, 6.45) is 0.714. The SMILES string of the molecule is COc1cc(C=O)cc(I)c1OCC(=O)Nc1ccc(Cl)c(Cl)c1. The Kier molecular flexibility index (Phi) is 6.70. The van der Waals surface area contributed by atoms with Crippen LogP contribution in [0.5, 0.6) is 11.5 Å². The van der Waals surface area contributed by atoms with E-state index in [1.807, 2.05) is 22.6 Å². The predicted molar refractivity (Wildman–Crippen MR) is 102 cm³/mol. The molecule has 0 unspecified atom stereocenters. The van der Waals surface area contributed by atoms with E-state index >= 15 is 0 Å². The zero-order chi connectivity index (χ0) is 17.7. The molecule has 0 aliphatic heterocycles. The van der Waals surface area contributed by atoms with Crippen molar-refractivity contribution in [3.63, 3.8) is 0 Å². The molecule has 2 aromatic carbocycles. The minimum absolute atomic E-state index is 0.229. The summed E-state index contributed by atoms with van der Waals surface area (Å²) in [5, 5.41) is 3.40. The van der Waals surface area contributed by atoms with Gasteiger partial charge in [0.15, 0.2) is 18.1 Å². The second-order valence-electron chi connectivity index (χ2n) is 4.62. The maximum atomic E-state index is 12.0. The molecule has 0 aromatic heterocycles. The minimum Gasteiger partial charge on any atom is -0.493 e. The molecule has 126 valence electrons. The quantitative estimate of drug-likeness (QED) is 0.491. The van der Waals surface area contributed by atoms with Crippen LogP contribution in [0.3, 0.4) is 0 Å². The van der Waals surface area contributed by atoms with Crippen molar-refractivity contribution in [2.75, 3.05) is 19.0 Å². The summed E-state index contributed by atoms with van der Waals surface area (Å²) in [5.74, 6) is 0.407. The fourth-order valence-electron chi connectivity index (χ4n) is 1.86. The summed E-state index contributed by atoms with van der Waals surface area (Å²) in [5.41, 5.74) is 0.972. The number of ether oxygens (including phenoxy) is 2. The first-order chi connectivity index (χ1) is 11.4. The van der Waals surface area contributed by atoms with Gasteiger partial charge in [0.2, 0.25) is 0 Å². The van der Waals surface area contributed by atoms with E-state index in [1.54, 1.807) is 30.3 Å². The number of methoxy groups -OCH3 is 1. The van der Waals surface area contributed by atoms with Gasteiger partial charge in [0.1, 0.15) is 6.29 Å². The smallest absolute Gasteiger partial charge is 0.262 e. The summed E-state index contributed by atoms with van der Waals surface area (Å²) >= 11 is 13.7. The van der Waals surface area contributed by atoms with Gasteiger partial charge < -0.3 is 14.8 Å². The van der Waals surface area contributed by atoms with Crippen molar-refractivity contribution in [2.45, 2.75) is 0 Å². The maximum Gasteiger partial charge on any atom is 0.262 e. The van der Waals surface area contributed by atoms with E-state index in [2.05, 4.69) is 5.32 Å². The lowest BCUT2D eigenvalue weighted by Crippen LogP contribution is -2.20. The van der Waals surface area contributed by atoms with Crippen molar-refractivity contribution in [3.05, 3.63) is 49.5 Å². The molecule has 0 fully saturated rings. The summed E-state index contributed by atoms with van der Waals surface area (Å²) in [4.78, 5) is 22.9. The lowest BCUT2D eigenvalue weighted by atomic mass is 10.2. The van der Waals surface area contributed by atoms with Gasteiger partial charge in [-0.05, 0) is 52.9 Å². The number of halogens is 3. The Hall–Kier alpha value is -1.51. The highest BCUT2D eigenvalue weighted by atomic mass is 127. The normalized spacial score (nSPS) is 10.2. The van der Waals surface area contributed by atoms with Gasteiger partial charge in [0, 0.05) is 11.3 Å². The van der Waals surface area contributed by atoms with Crippen LogP contribution < -0.4 is 14.8 Å². The second kappa shape index (κ2) is 8.55. The van der Waals surface area contributed by atoms with Crippen molar-refractivity contribution >= 4 is 63.7 Å². The average Bonchev–Trinajstić information content (AvgIpc) is 2.56. The van der Waals surface area contributed by atoms with Gasteiger partial charge in [0.05, 0.1) is 20.7 Å². The highest BCUT2D eigenvalue weighted by Crippen LogP contribution is 2.33. The number of anilines is 1. The third-order valence-electron chi connectivity index (χ3n) is 2.94. The molecule has 0 heterocycles. The Morgan fingerprint density at radius 1 is 1.25 bits per heavy atom. The average molecular weight is 480 g/mol. The Labute approximate surface area is 162 Å². The van der Waals surface area contributed by atoms with Crippen molar-refractivity contribution in [3.8, 4) is 11.5 Å². The van der Waals surface area contributed by atoms with Gasteiger partial charge >= 0.3 is 0 Å². The van der Waals surface area contributed by atoms with Crippen LogP contribution in [0, 0.1) is 3.57 Å². The highest BCUT2D eigenvalue weighted by Gasteiger charge is 2.13. The molecule has 2 aromatic rings. The van der Waals surface area contributed by atoms with E-state index < -0.39 is 0 Å². The van der Waals surface area contributed by atoms with Crippen LogP contribution in [-0.2, 0) is 4.79 Å². The number of hydrogen-bond donors (Lipinski definition) is 1. The van der Waals surface area contributed by atoms with Crippen molar-refractivity contribution in [1.29, 1.82) is 0 Å². The summed E-state index contributed by atoms with van der Waals surface area (Å²) in [6, 6.07) is 7.95. The molecular formula is C16H12Cl2INO4. The minimum atomic E-state index is -0.370. The first kappa shape index (κ1) is 18.8.